The molecule has 0 radical (unpaired) electrons. The summed E-state index contributed by atoms with van der Waals surface area (Å²) >= 11 is 7.30. The second-order valence-electron chi connectivity index (χ2n) is 3.54. The van der Waals surface area contributed by atoms with Gasteiger partial charge in [-0.1, -0.05) is 6.07 Å². The van der Waals surface area contributed by atoms with Crippen molar-refractivity contribution in [1.82, 2.24) is 0 Å². The number of hydrogen-bond acceptors (Lipinski definition) is 3. The standard InChI is InChI=1S/C12H11BrINOS/c13-9-4-3-8(6-10(9)14)15-7-11(16)12-2-1-5-17-12/h1-6,11,15-16H,7H2. The zero-order valence-corrected chi connectivity index (χ0v) is 13.4. The third-order valence-corrected chi connectivity index (χ3v) is 5.59. The van der Waals surface area contributed by atoms with Gasteiger partial charge < -0.3 is 10.4 Å². The van der Waals surface area contributed by atoms with Crippen LogP contribution in [0.2, 0.25) is 0 Å². The van der Waals surface area contributed by atoms with Crippen LogP contribution in [0, 0.1) is 3.57 Å². The van der Waals surface area contributed by atoms with Crippen molar-refractivity contribution in [2.45, 2.75) is 6.10 Å². The third kappa shape index (κ3) is 3.67. The molecule has 0 saturated carbocycles. The number of hydrogen-bond donors (Lipinski definition) is 2. The van der Waals surface area contributed by atoms with Crippen molar-refractivity contribution in [2.24, 2.45) is 0 Å². The van der Waals surface area contributed by atoms with Gasteiger partial charge in [0.25, 0.3) is 0 Å². The molecule has 1 aromatic carbocycles. The molecule has 1 unspecified atom stereocenters. The molecule has 0 aliphatic carbocycles. The second kappa shape index (κ2) is 6.17. The number of anilines is 1. The lowest BCUT2D eigenvalue weighted by Gasteiger charge is -2.11. The molecule has 2 rings (SSSR count). The van der Waals surface area contributed by atoms with E-state index >= 15 is 0 Å². The van der Waals surface area contributed by atoms with E-state index in [1.165, 1.54) is 0 Å². The number of halogens is 2. The van der Waals surface area contributed by atoms with Crippen molar-refractivity contribution in [1.29, 1.82) is 0 Å². The third-order valence-electron chi connectivity index (χ3n) is 2.29. The van der Waals surface area contributed by atoms with Crippen LogP contribution in [-0.2, 0) is 0 Å². The minimum absolute atomic E-state index is 0.448. The van der Waals surface area contributed by atoms with Gasteiger partial charge in [0.1, 0.15) is 6.10 Å². The first-order valence-electron chi connectivity index (χ1n) is 5.07. The average Bonchev–Trinajstić information content (AvgIpc) is 2.84. The molecule has 2 N–H and O–H groups in total. The van der Waals surface area contributed by atoms with Gasteiger partial charge in [-0.2, -0.15) is 0 Å². The Morgan fingerprint density at radius 2 is 2.24 bits per heavy atom. The van der Waals surface area contributed by atoms with E-state index in [2.05, 4.69) is 43.8 Å². The fourth-order valence-electron chi connectivity index (χ4n) is 1.40. The quantitative estimate of drug-likeness (QED) is 0.720. The zero-order valence-electron chi connectivity index (χ0n) is 8.86. The van der Waals surface area contributed by atoms with E-state index in [4.69, 9.17) is 0 Å². The maximum atomic E-state index is 9.93. The van der Waals surface area contributed by atoms with E-state index in [0.29, 0.717) is 6.54 Å². The topological polar surface area (TPSA) is 32.3 Å². The first kappa shape index (κ1) is 13.3. The Kier molecular flexibility index (Phi) is 4.84. The van der Waals surface area contributed by atoms with Gasteiger partial charge in [-0.3, -0.25) is 0 Å². The summed E-state index contributed by atoms with van der Waals surface area (Å²) in [4.78, 5) is 0.990. The molecule has 2 aromatic rings. The van der Waals surface area contributed by atoms with Gasteiger partial charge in [-0.15, -0.1) is 11.3 Å². The van der Waals surface area contributed by atoms with Crippen molar-refractivity contribution in [2.75, 3.05) is 11.9 Å². The summed E-state index contributed by atoms with van der Waals surface area (Å²) in [5.74, 6) is 0. The Labute approximate surface area is 126 Å². The second-order valence-corrected chi connectivity index (χ2v) is 6.54. The Morgan fingerprint density at radius 3 is 2.88 bits per heavy atom. The maximum absolute atomic E-state index is 9.93. The van der Waals surface area contributed by atoms with Crippen molar-refractivity contribution in [3.63, 3.8) is 0 Å². The molecule has 0 saturated heterocycles. The molecule has 1 atom stereocenters. The highest BCUT2D eigenvalue weighted by atomic mass is 127. The van der Waals surface area contributed by atoms with Gasteiger partial charge in [0.2, 0.25) is 0 Å². The monoisotopic (exact) mass is 423 g/mol. The first-order valence-corrected chi connectivity index (χ1v) is 7.82. The SMILES string of the molecule is OC(CNc1ccc(Br)c(I)c1)c1cccs1. The number of rotatable bonds is 4. The predicted molar refractivity (Wildman–Crippen MR) is 84.6 cm³/mol. The highest BCUT2D eigenvalue weighted by Gasteiger charge is 2.08. The Bertz CT molecular complexity index is 489. The molecule has 0 aliphatic rings. The molecule has 1 aromatic heterocycles. The maximum Gasteiger partial charge on any atom is 0.105 e. The molecular weight excluding hydrogens is 413 g/mol. The lowest BCUT2D eigenvalue weighted by Crippen LogP contribution is -2.10. The molecule has 0 aliphatic heterocycles. The molecule has 0 amide bonds. The van der Waals surface area contributed by atoms with Gasteiger partial charge in [0.05, 0.1) is 0 Å². The van der Waals surface area contributed by atoms with E-state index in [-0.39, 0.29) is 0 Å². The fourth-order valence-corrected chi connectivity index (χ4v) is 2.88. The van der Waals surface area contributed by atoms with Crippen LogP contribution in [0.25, 0.3) is 0 Å². The summed E-state index contributed by atoms with van der Waals surface area (Å²) in [6.07, 6.45) is -0.448. The Morgan fingerprint density at radius 1 is 1.41 bits per heavy atom. The number of benzene rings is 1. The molecule has 1 heterocycles. The average molecular weight is 424 g/mol. The fraction of sp³-hybridized carbons (Fsp3) is 0.167. The van der Waals surface area contributed by atoms with Crippen molar-refractivity contribution >= 4 is 55.5 Å². The van der Waals surface area contributed by atoms with Gasteiger partial charge in [-0.25, -0.2) is 0 Å². The minimum Gasteiger partial charge on any atom is -0.386 e. The molecule has 5 heteroatoms. The first-order chi connectivity index (χ1) is 8.16. The molecule has 2 nitrogen and oxygen atoms in total. The summed E-state index contributed by atoms with van der Waals surface area (Å²) in [6.45, 7) is 0.526. The van der Waals surface area contributed by atoms with Crippen LogP contribution in [0.5, 0.6) is 0 Å². The lowest BCUT2D eigenvalue weighted by molar-refractivity contribution is 0.195. The van der Waals surface area contributed by atoms with E-state index in [0.717, 1.165) is 18.6 Å². The van der Waals surface area contributed by atoms with Crippen LogP contribution in [0.3, 0.4) is 0 Å². The van der Waals surface area contributed by atoms with Crippen LogP contribution in [0.1, 0.15) is 11.0 Å². The summed E-state index contributed by atoms with van der Waals surface area (Å²) in [5, 5.41) is 15.1. The van der Waals surface area contributed by atoms with E-state index < -0.39 is 6.10 Å². The van der Waals surface area contributed by atoms with Gasteiger partial charge >= 0.3 is 0 Å². The van der Waals surface area contributed by atoms with Crippen LogP contribution in [0.4, 0.5) is 5.69 Å². The zero-order chi connectivity index (χ0) is 12.3. The number of thiophene rings is 1. The normalized spacial score (nSPS) is 12.4. The highest BCUT2D eigenvalue weighted by molar-refractivity contribution is 14.1. The summed E-state index contributed by atoms with van der Waals surface area (Å²) < 4.78 is 2.24. The minimum atomic E-state index is -0.448. The van der Waals surface area contributed by atoms with Gasteiger partial charge in [0, 0.05) is 25.2 Å². The Balaban J connectivity index is 1.96. The van der Waals surface area contributed by atoms with Crippen LogP contribution in [0.15, 0.2) is 40.2 Å². The largest absolute Gasteiger partial charge is 0.386 e. The van der Waals surface area contributed by atoms with Crippen LogP contribution in [-0.4, -0.2) is 11.7 Å². The van der Waals surface area contributed by atoms with Crippen molar-refractivity contribution < 1.29 is 5.11 Å². The smallest absolute Gasteiger partial charge is 0.105 e. The lowest BCUT2D eigenvalue weighted by atomic mass is 10.2. The Hall–Kier alpha value is -0.110. The van der Waals surface area contributed by atoms with Crippen molar-refractivity contribution in [3.8, 4) is 0 Å². The van der Waals surface area contributed by atoms with E-state index in [1.807, 2.05) is 35.7 Å². The number of aliphatic hydroxyl groups is 1. The summed E-state index contributed by atoms with van der Waals surface area (Å²) in [7, 11) is 0. The summed E-state index contributed by atoms with van der Waals surface area (Å²) in [5.41, 5.74) is 1.02. The van der Waals surface area contributed by atoms with Crippen molar-refractivity contribution in [3.05, 3.63) is 48.6 Å². The van der Waals surface area contributed by atoms with Gasteiger partial charge in [0.15, 0.2) is 0 Å². The number of nitrogens with one attached hydrogen (secondary N) is 1. The molecule has 0 spiro atoms. The molecular formula is C12H11BrINOS. The molecule has 90 valence electrons. The van der Waals surface area contributed by atoms with E-state index in [1.54, 1.807) is 11.3 Å². The number of aliphatic hydroxyl groups excluding tert-OH is 1. The van der Waals surface area contributed by atoms with Crippen LogP contribution < -0.4 is 5.32 Å². The molecule has 0 fully saturated rings. The van der Waals surface area contributed by atoms with Crippen LogP contribution >= 0.6 is 49.9 Å². The van der Waals surface area contributed by atoms with E-state index in [9.17, 15) is 5.11 Å². The predicted octanol–water partition coefficient (Wildman–Crippen LogP) is 4.26. The molecule has 17 heavy (non-hydrogen) atoms. The highest BCUT2D eigenvalue weighted by Crippen LogP contribution is 2.24. The summed E-state index contributed by atoms with van der Waals surface area (Å²) in [6, 6.07) is 9.94. The van der Waals surface area contributed by atoms with Gasteiger partial charge in [-0.05, 0) is 68.2 Å². The molecule has 0 bridgehead atoms.